The van der Waals surface area contributed by atoms with Crippen molar-refractivity contribution in [3.05, 3.63) is 23.3 Å². The van der Waals surface area contributed by atoms with Gasteiger partial charge in [0.25, 0.3) is 0 Å². The summed E-state index contributed by atoms with van der Waals surface area (Å²) in [5, 5.41) is 0. The van der Waals surface area contributed by atoms with Gasteiger partial charge in [0, 0.05) is 6.54 Å². The predicted molar refractivity (Wildman–Crippen MR) is 119 cm³/mol. The lowest BCUT2D eigenvalue weighted by molar-refractivity contribution is -0.161. The highest BCUT2D eigenvalue weighted by Gasteiger charge is 2.42. The molecule has 0 radical (unpaired) electrons. The fourth-order valence-electron chi connectivity index (χ4n) is 4.99. The molecule has 0 aromatic heterocycles. The van der Waals surface area contributed by atoms with E-state index in [9.17, 15) is 13.2 Å². The summed E-state index contributed by atoms with van der Waals surface area (Å²) in [5.41, 5.74) is 1.47. The molecule has 0 saturated heterocycles. The largest absolute Gasteiger partial charge is 0.493 e. The van der Waals surface area contributed by atoms with Gasteiger partial charge in [-0.2, -0.15) is 4.31 Å². The maximum Gasteiger partial charge on any atom is 0.329 e. The highest BCUT2D eigenvalue weighted by Crippen LogP contribution is 2.41. The maximum absolute atomic E-state index is 13.5. The number of carbonyl (C=O) groups is 1. The molecule has 0 spiro atoms. The molecule has 7 nitrogen and oxygen atoms in total. The molecule has 1 heterocycles. The Hall–Kier alpha value is -1.80. The smallest absolute Gasteiger partial charge is 0.329 e. The molecular weight excluding hydrogens is 418 g/mol. The zero-order chi connectivity index (χ0) is 22.9. The number of hydrogen-bond donors (Lipinski definition) is 0. The number of fused-ring (bicyclic) bond motifs is 1. The van der Waals surface area contributed by atoms with Crippen LogP contribution in [0.15, 0.2) is 12.1 Å². The fourth-order valence-corrected chi connectivity index (χ4v) is 5.99. The third-order valence-corrected chi connectivity index (χ3v) is 7.95. The van der Waals surface area contributed by atoms with Crippen molar-refractivity contribution in [2.24, 2.45) is 17.8 Å². The molecule has 4 atom stereocenters. The SMILES string of the molecule is COc1cc2c(cc1OC)C(C(=O)O[C@@H]1C[C@H](C)CC[C@H]1C(C)C)N(S(C)(=O)=O)CC2. The quantitative estimate of drug-likeness (QED) is 0.613. The molecule has 0 amide bonds. The molecule has 1 aliphatic heterocycles. The molecule has 8 heteroatoms. The van der Waals surface area contributed by atoms with Gasteiger partial charge in [-0.3, -0.25) is 0 Å². The van der Waals surface area contributed by atoms with E-state index in [1.807, 2.05) is 6.07 Å². The molecule has 31 heavy (non-hydrogen) atoms. The van der Waals surface area contributed by atoms with E-state index in [0.717, 1.165) is 31.1 Å². The van der Waals surface area contributed by atoms with Gasteiger partial charge in [-0.25, -0.2) is 13.2 Å². The van der Waals surface area contributed by atoms with Crippen molar-refractivity contribution in [3.63, 3.8) is 0 Å². The summed E-state index contributed by atoms with van der Waals surface area (Å²) < 4.78 is 43.3. The number of hydrogen-bond acceptors (Lipinski definition) is 6. The van der Waals surface area contributed by atoms with Crippen molar-refractivity contribution in [2.45, 2.75) is 58.6 Å². The third kappa shape index (κ3) is 5.00. The van der Waals surface area contributed by atoms with Crippen LogP contribution < -0.4 is 9.47 Å². The van der Waals surface area contributed by atoms with E-state index in [-0.39, 0.29) is 18.6 Å². The molecule has 1 aliphatic carbocycles. The summed E-state index contributed by atoms with van der Waals surface area (Å²) in [5.74, 6) is 1.65. The molecule has 1 saturated carbocycles. The molecule has 1 fully saturated rings. The summed E-state index contributed by atoms with van der Waals surface area (Å²) in [6.45, 7) is 6.69. The molecule has 1 unspecified atom stereocenters. The van der Waals surface area contributed by atoms with Gasteiger partial charge in [-0.1, -0.05) is 27.2 Å². The van der Waals surface area contributed by atoms with Gasteiger partial charge in [0.15, 0.2) is 11.5 Å². The van der Waals surface area contributed by atoms with Gasteiger partial charge in [0.05, 0.1) is 20.5 Å². The van der Waals surface area contributed by atoms with Crippen molar-refractivity contribution < 1.29 is 27.4 Å². The molecule has 1 aromatic rings. The van der Waals surface area contributed by atoms with Crippen LogP contribution in [0.2, 0.25) is 0 Å². The molecule has 1 aromatic carbocycles. The number of nitrogens with zero attached hydrogens (tertiary/aromatic N) is 1. The molecule has 2 aliphatic rings. The number of methoxy groups -OCH3 is 2. The lowest BCUT2D eigenvalue weighted by Crippen LogP contribution is -2.45. The highest BCUT2D eigenvalue weighted by atomic mass is 32.2. The minimum absolute atomic E-state index is 0.205. The van der Waals surface area contributed by atoms with Gasteiger partial charge >= 0.3 is 5.97 Å². The minimum Gasteiger partial charge on any atom is -0.493 e. The number of carbonyl (C=O) groups excluding carboxylic acids is 1. The van der Waals surface area contributed by atoms with Crippen molar-refractivity contribution in [2.75, 3.05) is 27.0 Å². The van der Waals surface area contributed by atoms with E-state index in [2.05, 4.69) is 20.8 Å². The second-order valence-electron chi connectivity index (χ2n) is 9.23. The Labute approximate surface area is 186 Å². The first-order chi connectivity index (χ1) is 14.6. The van der Waals surface area contributed by atoms with Crippen molar-refractivity contribution in [1.29, 1.82) is 0 Å². The van der Waals surface area contributed by atoms with Crippen LogP contribution in [0, 0.1) is 17.8 Å². The first kappa shape index (κ1) is 23.9. The Morgan fingerprint density at radius 2 is 1.77 bits per heavy atom. The Morgan fingerprint density at radius 3 is 2.35 bits per heavy atom. The van der Waals surface area contributed by atoms with Crippen LogP contribution in [-0.4, -0.2) is 51.8 Å². The lowest BCUT2D eigenvalue weighted by Gasteiger charge is -2.39. The minimum atomic E-state index is -3.62. The second kappa shape index (κ2) is 9.36. The Balaban J connectivity index is 2.00. The standard InChI is InChI=1S/C23H35NO6S/c1-14(2)17-8-7-15(3)11-19(17)30-23(25)22-18-13-21(29-5)20(28-4)12-16(18)9-10-24(22)31(6,26)27/h12-15,17,19,22H,7-11H2,1-6H3/t15-,17+,19-,22?/m1/s1. The Kier molecular flexibility index (Phi) is 7.21. The van der Waals surface area contributed by atoms with Gasteiger partial charge in [-0.15, -0.1) is 0 Å². The summed E-state index contributed by atoms with van der Waals surface area (Å²) in [7, 11) is -0.546. The number of rotatable bonds is 6. The first-order valence-electron chi connectivity index (χ1n) is 11.0. The average Bonchev–Trinajstić information content (AvgIpc) is 2.70. The average molecular weight is 454 g/mol. The summed E-state index contributed by atoms with van der Waals surface area (Å²) in [4.78, 5) is 13.5. The van der Waals surface area contributed by atoms with Crippen LogP contribution >= 0.6 is 0 Å². The van der Waals surface area contributed by atoms with E-state index in [4.69, 9.17) is 14.2 Å². The lowest BCUT2D eigenvalue weighted by atomic mass is 9.75. The maximum atomic E-state index is 13.5. The Morgan fingerprint density at radius 1 is 1.13 bits per heavy atom. The van der Waals surface area contributed by atoms with Gasteiger partial charge < -0.3 is 14.2 Å². The molecule has 3 rings (SSSR count). The van der Waals surface area contributed by atoms with Crippen LogP contribution in [-0.2, 0) is 26.0 Å². The van der Waals surface area contributed by atoms with E-state index >= 15 is 0 Å². The first-order valence-corrected chi connectivity index (χ1v) is 12.8. The number of benzene rings is 1. The normalized spacial score (nSPS) is 26.9. The summed E-state index contributed by atoms with van der Waals surface area (Å²) in [6.07, 6.45) is 4.36. The topological polar surface area (TPSA) is 82.1 Å². The zero-order valence-electron chi connectivity index (χ0n) is 19.4. The van der Waals surface area contributed by atoms with Gasteiger partial charge in [0.2, 0.25) is 10.0 Å². The van der Waals surface area contributed by atoms with Crippen LogP contribution in [0.3, 0.4) is 0 Å². The van der Waals surface area contributed by atoms with Crippen LogP contribution in [0.4, 0.5) is 0 Å². The van der Waals surface area contributed by atoms with Crippen LogP contribution in [0.1, 0.15) is 57.2 Å². The molecule has 0 bridgehead atoms. The van der Waals surface area contributed by atoms with Crippen LogP contribution in [0.5, 0.6) is 11.5 Å². The summed E-state index contributed by atoms with van der Waals surface area (Å²) in [6, 6.07) is 2.51. The molecule has 174 valence electrons. The predicted octanol–water partition coefficient (Wildman–Crippen LogP) is 3.57. The number of esters is 1. The van der Waals surface area contributed by atoms with E-state index in [0.29, 0.717) is 35.3 Å². The number of sulfonamides is 1. The molecular formula is C23H35NO6S. The van der Waals surface area contributed by atoms with Crippen molar-refractivity contribution >= 4 is 16.0 Å². The van der Waals surface area contributed by atoms with Gasteiger partial charge in [-0.05, 0) is 60.3 Å². The highest BCUT2D eigenvalue weighted by molar-refractivity contribution is 7.88. The van der Waals surface area contributed by atoms with E-state index in [1.165, 1.54) is 11.4 Å². The monoisotopic (exact) mass is 453 g/mol. The zero-order valence-corrected chi connectivity index (χ0v) is 20.2. The van der Waals surface area contributed by atoms with Crippen molar-refractivity contribution in [1.82, 2.24) is 4.31 Å². The third-order valence-electron chi connectivity index (χ3n) is 6.71. The summed E-state index contributed by atoms with van der Waals surface area (Å²) >= 11 is 0. The van der Waals surface area contributed by atoms with Gasteiger partial charge in [0.1, 0.15) is 12.1 Å². The molecule has 0 N–H and O–H groups in total. The number of ether oxygens (including phenoxy) is 3. The van der Waals surface area contributed by atoms with Crippen LogP contribution in [0.25, 0.3) is 0 Å². The van der Waals surface area contributed by atoms with E-state index < -0.39 is 22.0 Å². The fraction of sp³-hybridized carbons (Fsp3) is 0.696. The van der Waals surface area contributed by atoms with E-state index in [1.54, 1.807) is 13.2 Å². The Bertz CT molecular complexity index is 913. The second-order valence-corrected chi connectivity index (χ2v) is 11.2. The van der Waals surface area contributed by atoms with Crippen molar-refractivity contribution in [3.8, 4) is 11.5 Å².